The van der Waals surface area contributed by atoms with Gasteiger partial charge in [0, 0.05) is 12.3 Å². The molecule has 0 fully saturated rings. The van der Waals surface area contributed by atoms with Gasteiger partial charge in [-0.25, -0.2) is 4.39 Å². The zero-order chi connectivity index (χ0) is 14.9. The summed E-state index contributed by atoms with van der Waals surface area (Å²) >= 11 is 1.59. The van der Waals surface area contributed by atoms with Gasteiger partial charge in [-0.05, 0) is 29.7 Å². The molecule has 0 radical (unpaired) electrons. The minimum absolute atomic E-state index is 0.0207. The lowest BCUT2D eigenvalue weighted by molar-refractivity contribution is -0.118. The van der Waals surface area contributed by atoms with E-state index in [0.29, 0.717) is 18.7 Å². The molecule has 0 aliphatic carbocycles. The third-order valence-corrected chi connectivity index (χ3v) is 3.97. The zero-order valence-electron chi connectivity index (χ0n) is 11.7. The number of carbonyl (C=O) groups is 1. The maximum absolute atomic E-state index is 13.0. The van der Waals surface area contributed by atoms with Crippen molar-refractivity contribution < 1.29 is 9.18 Å². The number of thioether (sulfide) groups is 1. The summed E-state index contributed by atoms with van der Waals surface area (Å²) in [6.07, 6.45) is 0.646. The molecule has 0 unspecified atom stereocenters. The molecule has 0 bridgehead atoms. The normalized spacial score (nSPS) is 10.3. The van der Waals surface area contributed by atoms with Crippen molar-refractivity contribution in [3.8, 4) is 0 Å². The van der Waals surface area contributed by atoms with Crippen molar-refractivity contribution in [2.75, 3.05) is 12.3 Å². The van der Waals surface area contributed by atoms with E-state index in [0.717, 1.165) is 11.3 Å². The van der Waals surface area contributed by atoms with E-state index in [1.807, 2.05) is 24.3 Å². The second-order valence-electron chi connectivity index (χ2n) is 4.71. The Labute approximate surface area is 128 Å². The van der Waals surface area contributed by atoms with Crippen LogP contribution in [-0.2, 0) is 17.0 Å². The molecule has 2 nitrogen and oxygen atoms in total. The molecule has 0 saturated heterocycles. The number of nitrogens with one attached hydrogen (secondary N) is 1. The molecule has 0 atom stereocenters. The Balaban J connectivity index is 1.61. The summed E-state index contributed by atoms with van der Waals surface area (Å²) in [6, 6.07) is 16.5. The van der Waals surface area contributed by atoms with Crippen LogP contribution in [0.15, 0.2) is 54.6 Å². The molecule has 21 heavy (non-hydrogen) atoms. The fourth-order valence-electron chi connectivity index (χ4n) is 1.93. The molecule has 2 aromatic rings. The Kier molecular flexibility index (Phi) is 6.28. The van der Waals surface area contributed by atoms with Crippen LogP contribution in [0.4, 0.5) is 4.39 Å². The van der Waals surface area contributed by atoms with Gasteiger partial charge in [0.1, 0.15) is 5.82 Å². The SMILES string of the molecule is O=C(CSCc1ccccc1)NCCc1cccc(F)c1. The molecule has 0 heterocycles. The van der Waals surface area contributed by atoms with Crippen LogP contribution in [0.25, 0.3) is 0 Å². The van der Waals surface area contributed by atoms with E-state index < -0.39 is 0 Å². The van der Waals surface area contributed by atoms with Gasteiger partial charge in [0.05, 0.1) is 5.75 Å². The number of amides is 1. The van der Waals surface area contributed by atoms with Crippen molar-refractivity contribution in [3.63, 3.8) is 0 Å². The molecular formula is C17H18FNOS. The number of carbonyl (C=O) groups excluding carboxylic acids is 1. The second-order valence-corrected chi connectivity index (χ2v) is 5.69. The van der Waals surface area contributed by atoms with E-state index in [9.17, 15) is 9.18 Å². The summed E-state index contributed by atoms with van der Waals surface area (Å²) in [5, 5.41) is 2.85. The van der Waals surface area contributed by atoms with Gasteiger partial charge in [0.2, 0.25) is 5.91 Å². The first-order chi connectivity index (χ1) is 10.2. The molecule has 0 aliphatic rings. The van der Waals surface area contributed by atoms with Gasteiger partial charge >= 0.3 is 0 Å². The smallest absolute Gasteiger partial charge is 0.230 e. The van der Waals surface area contributed by atoms with Crippen LogP contribution < -0.4 is 5.32 Å². The van der Waals surface area contributed by atoms with E-state index in [-0.39, 0.29) is 11.7 Å². The van der Waals surface area contributed by atoms with E-state index in [1.54, 1.807) is 17.8 Å². The molecule has 4 heteroatoms. The Morgan fingerprint density at radius 3 is 2.57 bits per heavy atom. The van der Waals surface area contributed by atoms with Gasteiger partial charge in [-0.3, -0.25) is 4.79 Å². The molecule has 1 amide bonds. The number of halogens is 1. The van der Waals surface area contributed by atoms with Crippen molar-refractivity contribution in [2.45, 2.75) is 12.2 Å². The minimum Gasteiger partial charge on any atom is -0.355 e. The summed E-state index contributed by atoms with van der Waals surface area (Å²) in [4.78, 5) is 11.7. The first-order valence-electron chi connectivity index (χ1n) is 6.87. The lowest BCUT2D eigenvalue weighted by Gasteiger charge is -2.05. The maximum Gasteiger partial charge on any atom is 0.230 e. The van der Waals surface area contributed by atoms with Gasteiger partial charge < -0.3 is 5.32 Å². The molecular weight excluding hydrogens is 285 g/mol. The summed E-state index contributed by atoms with van der Waals surface area (Å²) in [7, 11) is 0. The monoisotopic (exact) mass is 303 g/mol. The van der Waals surface area contributed by atoms with Gasteiger partial charge in [0.15, 0.2) is 0 Å². The van der Waals surface area contributed by atoms with Crippen molar-refractivity contribution in [2.24, 2.45) is 0 Å². The van der Waals surface area contributed by atoms with Crippen molar-refractivity contribution in [1.82, 2.24) is 5.32 Å². The number of rotatable bonds is 7. The largest absolute Gasteiger partial charge is 0.355 e. The third-order valence-electron chi connectivity index (χ3n) is 2.97. The lowest BCUT2D eigenvalue weighted by Crippen LogP contribution is -2.27. The first kappa shape index (κ1) is 15.6. The maximum atomic E-state index is 13.0. The number of benzene rings is 2. The molecule has 2 aromatic carbocycles. The highest BCUT2D eigenvalue weighted by molar-refractivity contribution is 7.99. The highest BCUT2D eigenvalue weighted by Gasteiger charge is 2.02. The third kappa shape index (κ3) is 6.00. The average molecular weight is 303 g/mol. The van der Waals surface area contributed by atoms with E-state index in [1.165, 1.54) is 17.7 Å². The van der Waals surface area contributed by atoms with Crippen molar-refractivity contribution >= 4 is 17.7 Å². The fourth-order valence-corrected chi connectivity index (χ4v) is 2.74. The van der Waals surface area contributed by atoms with Gasteiger partial charge in [0.25, 0.3) is 0 Å². The van der Waals surface area contributed by atoms with Crippen LogP contribution in [0.2, 0.25) is 0 Å². The summed E-state index contributed by atoms with van der Waals surface area (Å²) < 4.78 is 13.0. The van der Waals surface area contributed by atoms with Crippen LogP contribution >= 0.6 is 11.8 Å². The van der Waals surface area contributed by atoms with E-state index >= 15 is 0 Å². The highest BCUT2D eigenvalue weighted by Crippen LogP contribution is 2.11. The Morgan fingerprint density at radius 2 is 1.81 bits per heavy atom. The zero-order valence-corrected chi connectivity index (χ0v) is 12.5. The van der Waals surface area contributed by atoms with E-state index in [2.05, 4.69) is 17.4 Å². The van der Waals surface area contributed by atoms with Gasteiger partial charge in [-0.2, -0.15) is 0 Å². The second kappa shape index (κ2) is 8.47. The van der Waals surface area contributed by atoms with Crippen LogP contribution in [0.1, 0.15) is 11.1 Å². The average Bonchev–Trinajstić information content (AvgIpc) is 2.48. The molecule has 1 N–H and O–H groups in total. The van der Waals surface area contributed by atoms with Crippen LogP contribution in [0.3, 0.4) is 0 Å². The highest BCUT2D eigenvalue weighted by atomic mass is 32.2. The van der Waals surface area contributed by atoms with Crippen molar-refractivity contribution in [3.05, 3.63) is 71.5 Å². The molecule has 110 valence electrons. The summed E-state index contributed by atoms with van der Waals surface area (Å²) in [5.74, 6) is 1.06. The molecule has 0 saturated carbocycles. The fraction of sp³-hybridized carbons (Fsp3) is 0.235. The van der Waals surface area contributed by atoms with Crippen LogP contribution in [0, 0.1) is 5.82 Å². The predicted molar refractivity (Wildman–Crippen MR) is 85.7 cm³/mol. The standard InChI is InChI=1S/C17H18FNOS/c18-16-8-4-7-14(11-16)9-10-19-17(20)13-21-12-15-5-2-1-3-6-15/h1-8,11H,9-10,12-13H2,(H,19,20). The Bertz CT molecular complexity index is 574. The first-order valence-corrected chi connectivity index (χ1v) is 8.02. The molecule has 0 aromatic heterocycles. The number of hydrogen-bond acceptors (Lipinski definition) is 2. The molecule has 0 spiro atoms. The summed E-state index contributed by atoms with van der Waals surface area (Å²) in [6.45, 7) is 0.536. The summed E-state index contributed by atoms with van der Waals surface area (Å²) in [5.41, 5.74) is 2.11. The quantitative estimate of drug-likeness (QED) is 0.849. The van der Waals surface area contributed by atoms with Crippen LogP contribution in [-0.4, -0.2) is 18.2 Å². The molecule has 2 rings (SSSR count). The lowest BCUT2D eigenvalue weighted by atomic mass is 10.1. The number of hydrogen-bond donors (Lipinski definition) is 1. The predicted octanol–water partition coefficient (Wildman–Crippen LogP) is 3.42. The van der Waals surface area contributed by atoms with Crippen LogP contribution in [0.5, 0.6) is 0 Å². The van der Waals surface area contributed by atoms with Crippen molar-refractivity contribution in [1.29, 1.82) is 0 Å². The van der Waals surface area contributed by atoms with Gasteiger partial charge in [-0.1, -0.05) is 42.5 Å². The minimum atomic E-state index is -0.239. The topological polar surface area (TPSA) is 29.1 Å². The molecule has 0 aliphatic heterocycles. The van der Waals surface area contributed by atoms with Gasteiger partial charge in [-0.15, -0.1) is 11.8 Å². The van der Waals surface area contributed by atoms with E-state index in [4.69, 9.17) is 0 Å². The Hall–Kier alpha value is -1.81. The Morgan fingerprint density at radius 1 is 1.05 bits per heavy atom.